The Labute approximate surface area is 113 Å². The molecule has 0 atom stereocenters. The second kappa shape index (κ2) is 5.04. The number of nitrogens with zero attached hydrogens (tertiary/aromatic N) is 1. The first-order chi connectivity index (χ1) is 9.04. The molecule has 0 saturated carbocycles. The molecule has 0 spiro atoms. The van der Waals surface area contributed by atoms with Gasteiger partial charge in [-0.3, -0.25) is 9.59 Å². The van der Waals surface area contributed by atoms with Crippen molar-refractivity contribution in [1.29, 1.82) is 5.26 Å². The Morgan fingerprint density at radius 3 is 2.74 bits per heavy atom. The van der Waals surface area contributed by atoms with Gasteiger partial charge in [0.2, 0.25) is 0 Å². The van der Waals surface area contributed by atoms with Gasteiger partial charge in [-0.05, 0) is 30.0 Å². The number of ketones is 1. The summed E-state index contributed by atoms with van der Waals surface area (Å²) in [5.74, 6) is -1.12. The van der Waals surface area contributed by atoms with Gasteiger partial charge in [0.15, 0.2) is 5.78 Å². The highest BCUT2D eigenvalue weighted by Gasteiger charge is 2.13. The van der Waals surface area contributed by atoms with Crippen molar-refractivity contribution in [3.63, 3.8) is 0 Å². The molecule has 4 nitrogen and oxygen atoms in total. The minimum absolute atomic E-state index is 0.0398. The van der Waals surface area contributed by atoms with Gasteiger partial charge in [0.05, 0.1) is 15.8 Å². The van der Waals surface area contributed by atoms with Gasteiger partial charge in [0.1, 0.15) is 6.07 Å². The van der Waals surface area contributed by atoms with Gasteiger partial charge < -0.3 is 5.73 Å². The minimum Gasteiger partial charge on any atom is -0.365 e. The van der Waals surface area contributed by atoms with Gasteiger partial charge in [0, 0.05) is 5.39 Å². The maximum Gasteiger partial charge on any atom is 0.252 e. The fourth-order valence-corrected chi connectivity index (χ4v) is 2.77. The van der Waals surface area contributed by atoms with E-state index in [9.17, 15) is 9.59 Å². The summed E-state index contributed by atoms with van der Waals surface area (Å²) in [7, 11) is 0. The van der Waals surface area contributed by atoms with Crippen LogP contribution < -0.4 is 5.73 Å². The average Bonchev–Trinajstić information content (AvgIpc) is 2.78. The van der Waals surface area contributed by atoms with Crippen molar-refractivity contribution in [3.05, 3.63) is 40.3 Å². The van der Waals surface area contributed by atoms with Crippen molar-refractivity contribution < 1.29 is 9.59 Å². The molecule has 0 saturated heterocycles. The van der Waals surface area contributed by atoms with Gasteiger partial charge in [-0.2, -0.15) is 5.26 Å². The standard InChI is InChI=1S/C14H10N2O2S/c1-8(17)12(14(16)18)5-10-7-19-13-9(6-15)3-2-4-11(10)13/h2-5,7H,1H3,(H2,16,18)/b12-5+. The van der Waals surface area contributed by atoms with Crippen LogP contribution in [0.1, 0.15) is 18.1 Å². The van der Waals surface area contributed by atoms with Crippen LogP contribution in [0.2, 0.25) is 0 Å². The number of thiophene rings is 1. The molecule has 1 aromatic heterocycles. The second-order valence-electron chi connectivity index (χ2n) is 3.96. The molecule has 2 aromatic rings. The van der Waals surface area contributed by atoms with Crippen LogP contribution >= 0.6 is 11.3 Å². The molecule has 0 aliphatic carbocycles. The zero-order valence-corrected chi connectivity index (χ0v) is 11.0. The Morgan fingerprint density at radius 2 is 2.16 bits per heavy atom. The van der Waals surface area contributed by atoms with E-state index < -0.39 is 5.91 Å². The van der Waals surface area contributed by atoms with E-state index in [1.807, 2.05) is 6.07 Å². The first-order valence-corrected chi connectivity index (χ1v) is 6.35. The third kappa shape index (κ3) is 2.39. The molecule has 0 bridgehead atoms. The van der Waals surface area contributed by atoms with E-state index in [0.717, 1.165) is 15.6 Å². The molecule has 0 fully saturated rings. The lowest BCUT2D eigenvalue weighted by Gasteiger charge is -1.98. The highest BCUT2D eigenvalue weighted by Crippen LogP contribution is 2.30. The molecular formula is C14H10N2O2S. The smallest absolute Gasteiger partial charge is 0.252 e. The van der Waals surface area contributed by atoms with Gasteiger partial charge in [-0.1, -0.05) is 12.1 Å². The maximum atomic E-state index is 11.4. The molecule has 5 heteroatoms. The summed E-state index contributed by atoms with van der Waals surface area (Å²) in [4.78, 5) is 22.6. The quantitative estimate of drug-likeness (QED) is 0.527. The number of nitrogens with two attached hydrogens (primary N) is 1. The van der Waals surface area contributed by atoms with Crippen LogP contribution in [0.4, 0.5) is 0 Å². The number of benzene rings is 1. The van der Waals surface area contributed by atoms with Crippen LogP contribution in [0.5, 0.6) is 0 Å². The summed E-state index contributed by atoms with van der Waals surface area (Å²) >= 11 is 1.40. The zero-order valence-electron chi connectivity index (χ0n) is 10.1. The molecule has 0 radical (unpaired) electrons. The number of nitriles is 1. The first kappa shape index (κ1) is 13.0. The molecule has 2 N–H and O–H groups in total. The van der Waals surface area contributed by atoms with Gasteiger partial charge in [-0.25, -0.2) is 0 Å². The summed E-state index contributed by atoms with van der Waals surface area (Å²) in [5.41, 5.74) is 6.44. The summed E-state index contributed by atoms with van der Waals surface area (Å²) < 4.78 is 0.837. The Kier molecular flexibility index (Phi) is 3.45. The number of fused-ring (bicyclic) bond motifs is 1. The number of carbonyl (C=O) groups is 2. The first-order valence-electron chi connectivity index (χ1n) is 5.47. The van der Waals surface area contributed by atoms with Gasteiger partial charge >= 0.3 is 0 Å². The predicted molar refractivity (Wildman–Crippen MR) is 74.4 cm³/mol. The number of carbonyl (C=O) groups excluding carboxylic acids is 2. The fraction of sp³-hybridized carbons (Fsp3) is 0.0714. The van der Waals surface area contributed by atoms with Crippen molar-refractivity contribution in [2.75, 3.05) is 0 Å². The largest absolute Gasteiger partial charge is 0.365 e. The van der Waals surface area contributed by atoms with Crippen LogP contribution in [0.3, 0.4) is 0 Å². The molecule has 94 valence electrons. The minimum atomic E-state index is -0.747. The highest BCUT2D eigenvalue weighted by atomic mass is 32.1. The lowest BCUT2D eigenvalue weighted by Crippen LogP contribution is -2.18. The lowest BCUT2D eigenvalue weighted by atomic mass is 10.1. The second-order valence-corrected chi connectivity index (χ2v) is 4.84. The van der Waals surface area contributed by atoms with E-state index in [1.165, 1.54) is 24.3 Å². The summed E-state index contributed by atoms with van der Waals surface area (Å²) in [5, 5.41) is 11.7. The summed E-state index contributed by atoms with van der Waals surface area (Å²) in [6, 6.07) is 7.45. The number of hydrogen-bond donors (Lipinski definition) is 1. The molecule has 1 amide bonds. The topological polar surface area (TPSA) is 83.9 Å². The normalized spacial score (nSPS) is 11.3. The predicted octanol–water partition coefficient (Wildman–Crippen LogP) is 2.23. The van der Waals surface area contributed by atoms with Gasteiger partial charge in [0.25, 0.3) is 5.91 Å². The Bertz CT molecular complexity index is 734. The maximum absolute atomic E-state index is 11.4. The third-order valence-corrected chi connectivity index (χ3v) is 3.74. The molecule has 0 aliphatic heterocycles. The Morgan fingerprint density at radius 1 is 1.42 bits per heavy atom. The zero-order chi connectivity index (χ0) is 14.0. The Balaban J connectivity index is 2.65. The molecular weight excluding hydrogens is 260 g/mol. The number of hydrogen-bond acceptors (Lipinski definition) is 4. The van der Waals surface area contributed by atoms with E-state index in [-0.39, 0.29) is 11.4 Å². The molecule has 0 unspecified atom stereocenters. The van der Waals surface area contributed by atoms with Crippen molar-refractivity contribution in [2.45, 2.75) is 6.92 Å². The van der Waals surface area contributed by atoms with Crippen LogP contribution in [0.25, 0.3) is 16.2 Å². The van der Waals surface area contributed by atoms with Crippen molar-refractivity contribution in [3.8, 4) is 6.07 Å². The van der Waals surface area contributed by atoms with Crippen LogP contribution in [-0.2, 0) is 9.59 Å². The Hall–Kier alpha value is -2.45. The molecule has 19 heavy (non-hydrogen) atoms. The fourth-order valence-electron chi connectivity index (χ4n) is 1.78. The number of rotatable bonds is 3. The molecule has 1 aromatic carbocycles. The van der Waals surface area contributed by atoms with Gasteiger partial charge in [-0.15, -0.1) is 11.3 Å². The third-order valence-electron chi connectivity index (χ3n) is 2.69. The van der Waals surface area contributed by atoms with Crippen LogP contribution in [0.15, 0.2) is 29.2 Å². The summed E-state index contributed by atoms with van der Waals surface area (Å²) in [6.07, 6.45) is 1.48. The summed E-state index contributed by atoms with van der Waals surface area (Å²) in [6.45, 7) is 1.30. The number of Topliss-reactive ketones (excluding diaryl/α,β-unsaturated/α-hetero) is 1. The van der Waals surface area contributed by atoms with E-state index in [1.54, 1.807) is 17.5 Å². The van der Waals surface area contributed by atoms with E-state index in [2.05, 4.69) is 6.07 Å². The van der Waals surface area contributed by atoms with Crippen molar-refractivity contribution in [2.24, 2.45) is 5.73 Å². The number of primary amides is 1. The van der Waals surface area contributed by atoms with E-state index in [0.29, 0.717) is 5.56 Å². The van der Waals surface area contributed by atoms with Crippen LogP contribution in [-0.4, -0.2) is 11.7 Å². The molecule has 1 heterocycles. The van der Waals surface area contributed by atoms with E-state index >= 15 is 0 Å². The number of amides is 1. The average molecular weight is 270 g/mol. The van der Waals surface area contributed by atoms with Crippen LogP contribution in [0, 0.1) is 11.3 Å². The lowest BCUT2D eigenvalue weighted by molar-refractivity contribution is -0.119. The molecule has 0 aliphatic rings. The van der Waals surface area contributed by atoms with Crippen molar-refractivity contribution >= 4 is 39.2 Å². The van der Waals surface area contributed by atoms with Crippen molar-refractivity contribution in [1.82, 2.24) is 0 Å². The highest BCUT2D eigenvalue weighted by molar-refractivity contribution is 7.17. The molecule has 2 rings (SSSR count). The van der Waals surface area contributed by atoms with E-state index in [4.69, 9.17) is 11.0 Å². The SMILES string of the molecule is CC(=O)/C(=C\c1csc2c(C#N)cccc12)C(N)=O. The monoisotopic (exact) mass is 270 g/mol.